The van der Waals surface area contributed by atoms with E-state index in [1.54, 1.807) is 18.2 Å². The van der Waals surface area contributed by atoms with Crippen LogP contribution in [0.3, 0.4) is 0 Å². The molecule has 0 atom stereocenters. The number of rotatable bonds is 8. The first kappa shape index (κ1) is 18.7. The Hall–Kier alpha value is -2.60. The summed E-state index contributed by atoms with van der Waals surface area (Å²) in [5.41, 5.74) is 0.650. The Labute approximate surface area is 149 Å². The van der Waals surface area contributed by atoms with Crippen LogP contribution in [0.4, 0.5) is 10.1 Å². The lowest BCUT2D eigenvalue weighted by molar-refractivity contribution is -0.118. The van der Waals surface area contributed by atoms with E-state index in [0.29, 0.717) is 29.9 Å². The summed E-state index contributed by atoms with van der Waals surface area (Å²) in [5.74, 6) is -0.251. The van der Waals surface area contributed by atoms with Gasteiger partial charge in [-0.3, -0.25) is 9.59 Å². The van der Waals surface area contributed by atoms with Crippen molar-refractivity contribution in [1.82, 2.24) is 0 Å². The lowest BCUT2D eigenvalue weighted by Crippen LogP contribution is -2.20. The quantitative estimate of drug-likeness (QED) is 0.715. The molecule has 0 aromatic heterocycles. The second-order valence-corrected chi connectivity index (χ2v) is 5.54. The van der Waals surface area contributed by atoms with Gasteiger partial charge in [-0.2, -0.15) is 0 Å². The maximum absolute atomic E-state index is 13.1. The lowest BCUT2D eigenvalue weighted by atomic mass is 10.2. The van der Waals surface area contributed by atoms with Gasteiger partial charge in [0.2, 0.25) is 0 Å². The zero-order valence-electron chi connectivity index (χ0n) is 13.6. The van der Waals surface area contributed by atoms with Gasteiger partial charge in [0.15, 0.2) is 12.9 Å². The molecule has 2 aromatic rings. The molecular formula is C18H17ClFNO4. The molecular weight excluding hydrogens is 349 g/mol. The van der Waals surface area contributed by atoms with E-state index in [-0.39, 0.29) is 17.4 Å². The van der Waals surface area contributed by atoms with Crippen LogP contribution in [-0.2, 0) is 4.79 Å². The minimum Gasteiger partial charge on any atom is -0.493 e. The summed E-state index contributed by atoms with van der Waals surface area (Å²) in [6.07, 6.45) is 1.48. The van der Waals surface area contributed by atoms with Crippen molar-refractivity contribution in [3.05, 3.63) is 52.8 Å². The molecule has 0 radical (unpaired) electrons. The van der Waals surface area contributed by atoms with Crippen LogP contribution < -0.4 is 14.8 Å². The highest BCUT2D eigenvalue weighted by molar-refractivity contribution is 6.31. The average molecular weight is 366 g/mol. The Morgan fingerprint density at radius 2 is 2.04 bits per heavy atom. The highest BCUT2D eigenvalue weighted by Crippen LogP contribution is 2.24. The van der Waals surface area contributed by atoms with Gasteiger partial charge in [0.05, 0.1) is 17.2 Å². The van der Waals surface area contributed by atoms with Gasteiger partial charge in [0.1, 0.15) is 17.3 Å². The van der Waals surface area contributed by atoms with Crippen molar-refractivity contribution in [2.24, 2.45) is 0 Å². The van der Waals surface area contributed by atoms with Crippen LogP contribution >= 0.6 is 11.6 Å². The average Bonchev–Trinajstić information content (AvgIpc) is 2.61. The van der Waals surface area contributed by atoms with Crippen LogP contribution in [-0.4, -0.2) is 25.4 Å². The predicted molar refractivity (Wildman–Crippen MR) is 93.2 cm³/mol. The topological polar surface area (TPSA) is 64.6 Å². The van der Waals surface area contributed by atoms with E-state index >= 15 is 0 Å². The third kappa shape index (κ3) is 5.46. The number of carbonyl (C=O) groups excluding carboxylic acids is 2. The van der Waals surface area contributed by atoms with E-state index < -0.39 is 11.7 Å². The normalized spacial score (nSPS) is 10.2. The number of hydrogen-bond acceptors (Lipinski definition) is 4. The molecule has 0 aliphatic carbocycles. The second kappa shape index (κ2) is 9.03. The molecule has 2 aromatic carbocycles. The van der Waals surface area contributed by atoms with Crippen LogP contribution in [0.25, 0.3) is 0 Å². The number of nitrogens with one attached hydrogen (secondary N) is 1. The third-order valence-electron chi connectivity index (χ3n) is 3.15. The van der Waals surface area contributed by atoms with Crippen molar-refractivity contribution in [2.75, 3.05) is 18.5 Å². The third-order valence-corrected chi connectivity index (χ3v) is 3.44. The van der Waals surface area contributed by atoms with Crippen molar-refractivity contribution in [1.29, 1.82) is 0 Å². The highest BCUT2D eigenvalue weighted by atomic mass is 35.5. The molecule has 0 saturated carbocycles. The molecule has 132 valence electrons. The van der Waals surface area contributed by atoms with Crippen LogP contribution in [0.1, 0.15) is 23.7 Å². The molecule has 7 heteroatoms. The minimum absolute atomic E-state index is 0.0947. The Bertz CT molecular complexity index is 767. The fourth-order valence-electron chi connectivity index (χ4n) is 1.96. The molecule has 0 heterocycles. The van der Waals surface area contributed by atoms with E-state index in [1.165, 1.54) is 12.1 Å². The first-order valence-electron chi connectivity index (χ1n) is 7.63. The van der Waals surface area contributed by atoms with Crippen LogP contribution in [0.2, 0.25) is 5.02 Å². The number of anilines is 1. The number of hydrogen-bond donors (Lipinski definition) is 1. The molecule has 0 aliphatic rings. The second-order valence-electron chi connectivity index (χ2n) is 5.13. The van der Waals surface area contributed by atoms with E-state index in [0.717, 1.165) is 12.5 Å². The molecule has 0 unspecified atom stereocenters. The van der Waals surface area contributed by atoms with Gasteiger partial charge in [-0.15, -0.1) is 0 Å². The number of amides is 1. The number of halogens is 2. The Kier molecular flexibility index (Phi) is 6.77. The molecule has 5 nitrogen and oxygen atoms in total. The first-order chi connectivity index (χ1) is 12.0. The zero-order chi connectivity index (χ0) is 18.2. The summed E-state index contributed by atoms with van der Waals surface area (Å²) in [4.78, 5) is 23.0. The van der Waals surface area contributed by atoms with Gasteiger partial charge in [-0.25, -0.2) is 4.39 Å². The minimum atomic E-state index is -0.574. The Balaban J connectivity index is 2.00. The molecule has 1 N–H and O–H groups in total. The fourth-order valence-corrected chi connectivity index (χ4v) is 2.14. The van der Waals surface area contributed by atoms with Gasteiger partial charge in [0.25, 0.3) is 5.91 Å². The Morgan fingerprint density at radius 3 is 2.72 bits per heavy atom. The van der Waals surface area contributed by atoms with Crippen molar-refractivity contribution in [3.63, 3.8) is 0 Å². The summed E-state index contributed by atoms with van der Waals surface area (Å²) < 4.78 is 24.0. The predicted octanol–water partition coefficient (Wildman–Crippen LogP) is 4.10. The number of benzene rings is 2. The number of ether oxygens (including phenoxy) is 2. The lowest BCUT2D eigenvalue weighted by Gasteiger charge is -2.11. The maximum Gasteiger partial charge on any atom is 0.262 e. The summed E-state index contributed by atoms with van der Waals surface area (Å²) in [6, 6.07) is 8.61. The highest BCUT2D eigenvalue weighted by Gasteiger charge is 2.10. The molecule has 0 saturated heterocycles. The fraction of sp³-hybridized carbons (Fsp3) is 0.222. The van der Waals surface area contributed by atoms with Crippen LogP contribution in [0, 0.1) is 5.82 Å². The van der Waals surface area contributed by atoms with Gasteiger partial charge in [-0.1, -0.05) is 18.5 Å². The number of aldehydes is 1. The van der Waals surface area contributed by atoms with Gasteiger partial charge in [0, 0.05) is 11.8 Å². The van der Waals surface area contributed by atoms with Gasteiger partial charge >= 0.3 is 0 Å². The molecule has 0 aliphatic heterocycles. The molecule has 0 bridgehead atoms. The number of carbonyl (C=O) groups is 2. The van der Waals surface area contributed by atoms with E-state index in [1.807, 2.05) is 6.92 Å². The van der Waals surface area contributed by atoms with Crippen molar-refractivity contribution in [2.45, 2.75) is 13.3 Å². The summed E-state index contributed by atoms with van der Waals surface area (Å²) in [7, 11) is 0. The molecule has 0 fully saturated rings. The van der Waals surface area contributed by atoms with E-state index in [9.17, 15) is 14.0 Å². The smallest absolute Gasteiger partial charge is 0.262 e. The van der Waals surface area contributed by atoms with E-state index in [2.05, 4.69) is 5.32 Å². The van der Waals surface area contributed by atoms with E-state index in [4.69, 9.17) is 21.1 Å². The standard InChI is InChI=1S/C18H17ClFNO4/c1-2-7-24-14-5-3-12(10-22)17(9-14)25-11-18(23)21-13-4-6-16(20)15(19)8-13/h3-6,8-10H,2,7,11H2,1H3,(H,21,23). The summed E-state index contributed by atoms with van der Waals surface area (Å²) in [5, 5.41) is 2.44. The van der Waals surface area contributed by atoms with Crippen LogP contribution in [0.15, 0.2) is 36.4 Å². The first-order valence-corrected chi connectivity index (χ1v) is 8.01. The summed E-state index contributed by atoms with van der Waals surface area (Å²) >= 11 is 5.66. The van der Waals surface area contributed by atoms with Gasteiger partial charge < -0.3 is 14.8 Å². The van der Waals surface area contributed by atoms with Crippen molar-refractivity contribution >= 4 is 29.5 Å². The monoisotopic (exact) mass is 365 g/mol. The zero-order valence-corrected chi connectivity index (χ0v) is 14.3. The molecule has 2 rings (SSSR count). The molecule has 25 heavy (non-hydrogen) atoms. The van der Waals surface area contributed by atoms with Crippen LogP contribution in [0.5, 0.6) is 11.5 Å². The molecule has 1 amide bonds. The SMILES string of the molecule is CCCOc1ccc(C=O)c(OCC(=O)Nc2ccc(F)c(Cl)c2)c1. The Morgan fingerprint density at radius 1 is 1.24 bits per heavy atom. The summed E-state index contributed by atoms with van der Waals surface area (Å²) in [6.45, 7) is 2.18. The van der Waals surface area contributed by atoms with Crippen molar-refractivity contribution in [3.8, 4) is 11.5 Å². The molecule has 0 spiro atoms. The van der Waals surface area contributed by atoms with Gasteiger partial charge in [-0.05, 0) is 36.8 Å². The maximum atomic E-state index is 13.1. The largest absolute Gasteiger partial charge is 0.493 e. The van der Waals surface area contributed by atoms with Crippen molar-refractivity contribution < 1.29 is 23.5 Å².